The highest BCUT2D eigenvalue weighted by atomic mass is 32.9. The molecule has 0 rings (SSSR count). The first-order valence-corrected chi connectivity index (χ1v) is 7.01. The molecule has 0 spiro atoms. The molecule has 0 aromatic heterocycles. The molecule has 0 atom stereocenters. The van der Waals surface area contributed by atoms with E-state index in [0.717, 1.165) is 0 Å². The molecule has 0 saturated carbocycles. The fourth-order valence-electron chi connectivity index (χ4n) is 0.854. The van der Waals surface area contributed by atoms with Crippen molar-refractivity contribution < 1.29 is 13.3 Å². The van der Waals surface area contributed by atoms with Crippen molar-refractivity contribution in [2.24, 2.45) is 0 Å². The van der Waals surface area contributed by atoms with Crippen molar-refractivity contribution in [3.05, 3.63) is 0 Å². The van der Waals surface area contributed by atoms with Gasteiger partial charge in [-0.25, -0.2) is 0 Å². The molecule has 0 aliphatic rings. The highest BCUT2D eigenvalue weighted by molar-refractivity contribution is 8.26. The van der Waals surface area contributed by atoms with Gasteiger partial charge in [0.15, 0.2) is 0 Å². The van der Waals surface area contributed by atoms with Gasteiger partial charge in [-0.2, -0.15) is 4.21 Å². The Kier molecular flexibility index (Phi) is 12.6. The van der Waals surface area contributed by atoms with Gasteiger partial charge in [0.25, 0.3) is 9.05 Å². The lowest BCUT2D eigenvalue weighted by molar-refractivity contribution is 0.450. The fourth-order valence-corrected chi connectivity index (χ4v) is 0.854. The van der Waals surface area contributed by atoms with E-state index in [2.05, 4.69) is 25.0 Å². The summed E-state index contributed by atoms with van der Waals surface area (Å²) in [6, 6.07) is 0. The number of hydrogen-bond acceptors (Lipinski definition) is 2. The Balaban J connectivity index is 0. The average Bonchev–Trinajstić information content (AvgIpc) is 1.95. The van der Waals surface area contributed by atoms with Crippen LogP contribution < -0.4 is 0 Å². The second-order valence-corrected chi connectivity index (χ2v) is 5.06. The molecule has 0 radical (unpaired) electrons. The van der Waals surface area contributed by atoms with Gasteiger partial charge in [-0.3, -0.25) is 9.11 Å². The minimum atomic E-state index is -3.83. The van der Waals surface area contributed by atoms with Crippen LogP contribution >= 0.6 is 0 Å². The number of unbranched alkanes of at least 4 members (excludes halogenated alkanes) is 5. The van der Waals surface area contributed by atoms with E-state index in [1.54, 1.807) is 0 Å². The molecule has 13 heavy (non-hydrogen) atoms. The number of hydrogen-bond donors (Lipinski definition) is 2. The lowest BCUT2D eigenvalue weighted by atomic mass is 10.1. The largest absolute Gasteiger partial charge is 0.285 e. The molecule has 82 valence electrons. The van der Waals surface area contributed by atoms with E-state index in [9.17, 15) is 0 Å². The molecule has 0 aliphatic heterocycles. The highest BCUT2D eigenvalue weighted by Crippen LogP contribution is 2.03. The van der Waals surface area contributed by atoms with Gasteiger partial charge in [0, 0.05) is 11.2 Å². The summed E-state index contributed by atoms with van der Waals surface area (Å²) in [7, 11) is -3.83. The van der Waals surface area contributed by atoms with Crippen molar-refractivity contribution in [1.29, 1.82) is 0 Å². The van der Waals surface area contributed by atoms with E-state index in [-0.39, 0.29) is 0 Å². The topological polar surface area (TPSA) is 57.5 Å². The fraction of sp³-hybridized carbons (Fsp3) is 1.00. The van der Waals surface area contributed by atoms with Crippen LogP contribution in [0.3, 0.4) is 0 Å². The normalized spacial score (nSPS) is 10.5. The van der Waals surface area contributed by atoms with Crippen molar-refractivity contribution in [2.75, 3.05) is 0 Å². The minimum Gasteiger partial charge on any atom is -0.285 e. The first kappa shape index (κ1) is 15.7. The van der Waals surface area contributed by atoms with Crippen LogP contribution in [0.5, 0.6) is 0 Å². The third-order valence-electron chi connectivity index (χ3n) is 1.46. The van der Waals surface area contributed by atoms with Crippen LogP contribution in [0.2, 0.25) is 0 Å². The van der Waals surface area contributed by atoms with Crippen LogP contribution in [0.15, 0.2) is 0 Å². The van der Waals surface area contributed by atoms with Crippen LogP contribution in [0.4, 0.5) is 0 Å². The highest BCUT2D eigenvalue weighted by Gasteiger charge is 1.83. The van der Waals surface area contributed by atoms with E-state index in [1.807, 2.05) is 0 Å². The Morgan fingerprint density at radius 1 is 1.00 bits per heavy atom. The zero-order valence-electron chi connectivity index (χ0n) is 8.36. The lowest BCUT2D eigenvalue weighted by Crippen LogP contribution is -1.86. The minimum absolute atomic E-state index is 1.36. The summed E-state index contributed by atoms with van der Waals surface area (Å²) in [6.07, 6.45) is 8.49. The molecule has 0 aliphatic carbocycles. The van der Waals surface area contributed by atoms with Crippen LogP contribution in [0.1, 0.15) is 52.4 Å². The smallest absolute Gasteiger partial charge is 0.263 e. The third-order valence-corrected chi connectivity index (χ3v) is 1.46. The predicted molar refractivity (Wildman–Crippen MR) is 59.8 cm³/mol. The molecule has 0 aromatic carbocycles. The molecule has 3 nitrogen and oxygen atoms in total. The van der Waals surface area contributed by atoms with Crippen LogP contribution in [0, 0.1) is 0 Å². The second kappa shape index (κ2) is 10.4. The SMILES string of the molecule is CCCCCCCC.O=S(O)(O)=S. The first-order valence-electron chi connectivity index (χ1n) is 4.61. The molecule has 2 N–H and O–H groups in total. The van der Waals surface area contributed by atoms with E-state index in [1.165, 1.54) is 38.5 Å². The molecule has 0 saturated heterocycles. The Hall–Kier alpha value is 0.290. The summed E-state index contributed by atoms with van der Waals surface area (Å²) in [4.78, 5) is 0. The Morgan fingerprint density at radius 3 is 1.38 bits per heavy atom. The molecule has 5 heteroatoms. The van der Waals surface area contributed by atoms with E-state index in [4.69, 9.17) is 13.3 Å². The molecule has 0 heterocycles. The van der Waals surface area contributed by atoms with Gasteiger partial charge in [-0.05, 0) is 0 Å². The van der Waals surface area contributed by atoms with Crippen molar-refractivity contribution >= 4 is 20.2 Å². The van der Waals surface area contributed by atoms with Gasteiger partial charge in [-0.15, -0.1) is 0 Å². The molecular weight excluding hydrogens is 208 g/mol. The van der Waals surface area contributed by atoms with Gasteiger partial charge in [-0.1, -0.05) is 52.4 Å². The maximum absolute atomic E-state index is 9.11. The van der Waals surface area contributed by atoms with Crippen LogP contribution in [-0.2, 0) is 20.2 Å². The molecule has 0 unspecified atom stereocenters. The molecule has 0 bridgehead atoms. The third kappa shape index (κ3) is 46.5. The average molecular weight is 228 g/mol. The monoisotopic (exact) mass is 228 g/mol. The van der Waals surface area contributed by atoms with Crippen LogP contribution in [-0.4, -0.2) is 13.3 Å². The van der Waals surface area contributed by atoms with Gasteiger partial charge in [0.1, 0.15) is 0 Å². The maximum Gasteiger partial charge on any atom is 0.263 e. The zero-order chi connectivity index (χ0) is 10.7. The van der Waals surface area contributed by atoms with Gasteiger partial charge >= 0.3 is 0 Å². The summed E-state index contributed by atoms with van der Waals surface area (Å²) in [5, 5.41) is 0. The molecule has 0 amide bonds. The molecular formula is C8H20O3S2. The summed E-state index contributed by atoms with van der Waals surface area (Å²) in [5.74, 6) is 0. The summed E-state index contributed by atoms with van der Waals surface area (Å²) >= 11 is 3.47. The molecule has 0 aromatic rings. The van der Waals surface area contributed by atoms with Crippen molar-refractivity contribution in [3.63, 3.8) is 0 Å². The summed E-state index contributed by atoms with van der Waals surface area (Å²) < 4.78 is 24.0. The second-order valence-electron chi connectivity index (χ2n) is 2.86. The first-order chi connectivity index (χ1) is 5.91. The van der Waals surface area contributed by atoms with E-state index >= 15 is 0 Å². The quantitative estimate of drug-likeness (QED) is 0.710. The van der Waals surface area contributed by atoms with Crippen molar-refractivity contribution in [3.8, 4) is 0 Å². The number of rotatable bonds is 5. The predicted octanol–water partition coefficient (Wildman–Crippen LogP) is 3.05. The summed E-state index contributed by atoms with van der Waals surface area (Å²) in [6.45, 7) is 4.51. The Bertz CT molecular complexity index is 162. The lowest BCUT2D eigenvalue weighted by Gasteiger charge is -1.93. The van der Waals surface area contributed by atoms with Gasteiger partial charge in [0.2, 0.25) is 0 Å². The van der Waals surface area contributed by atoms with E-state index in [0.29, 0.717) is 0 Å². The zero-order valence-corrected chi connectivity index (χ0v) is 9.99. The van der Waals surface area contributed by atoms with Gasteiger partial charge in [0.05, 0.1) is 0 Å². The van der Waals surface area contributed by atoms with Crippen molar-refractivity contribution in [2.45, 2.75) is 52.4 Å². The maximum atomic E-state index is 9.11. The Labute approximate surface area is 86.3 Å². The standard InChI is InChI=1S/C8H18.H2O3S2/c1-3-5-7-8-6-4-2;1-5(2,3)4/h3-8H2,1-2H3;(H2,1,2,3,4). The van der Waals surface area contributed by atoms with Crippen molar-refractivity contribution in [1.82, 2.24) is 0 Å². The molecule has 0 fully saturated rings. The van der Waals surface area contributed by atoms with Gasteiger partial charge < -0.3 is 0 Å². The Morgan fingerprint density at radius 2 is 1.23 bits per heavy atom. The van der Waals surface area contributed by atoms with Crippen LogP contribution in [0.25, 0.3) is 0 Å². The van der Waals surface area contributed by atoms with E-state index < -0.39 is 9.05 Å². The summed E-state index contributed by atoms with van der Waals surface area (Å²) in [5.41, 5.74) is 0.